The second-order valence-corrected chi connectivity index (χ2v) is 4.48. The Bertz CT molecular complexity index is 718. The molecule has 1 N–H and O–H groups in total. The number of rotatable bonds is 3. The molecule has 2 nitrogen and oxygen atoms in total. The van der Waals surface area contributed by atoms with E-state index in [1.165, 1.54) is 12.1 Å². The van der Waals surface area contributed by atoms with Crippen molar-refractivity contribution in [2.45, 2.75) is 6.54 Å². The molecule has 3 rings (SSSR count). The normalized spacial score (nSPS) is 11.1. The van der Waals surface area contributed by atoms with E-state index in [9.17, 15) is 4.39 Å². The van der Waals surface area contributed by atoms with Crippen LogP contribution in [-0.2, 0) is 6.54 Å². The summed E-state index contributed by atoms with van der Waals surface area (Å²) in [6, 6.07) is 14.5. The van der Waals surface area contributed by atoms with Crippen molar-refractivity contribution in [1.82, 2.24) is 5.32 Å². The Kier molecular flexibility index (Phi) is 3.05. The van der Waals surface area contributed by atoms with Crippen molar-refractivity contribution in [3.05, 3.63) is 59.9 Å². The summed E-state index contributed by atoms with van der Waals surface area (Å²) in [7, 11) is 1.91. The van der Waals surface area contributed by atoms with E-state index in [4.69, 9.17) is 4.42 Å². The van der Waals surface area contributed by atoms with E-state index in [0.29, 0.717) is 5.58 Å². The minimum Gasteiger partial charge on any atom is -0.456 e. The van der Waals surface area contributed by atoms with Gasteiger partial charge < -0.3 is 9.73 Å². The van der Waals surface area contributed by atoms with Crippen LogP contribution in [0, 0.1) is 5.82 Å². The minimum atomic E-state index is -0.247. The molecule has 96 valence electrons. The summed E-state index contributed by atoms with van der Waals surface area (Å²) >= 11 is 0. The van der Waals surface area contributed by atoms with Crippen LogP contribution in [0.15, 0.2) is 52.9 Å². The molecule has 2 aromatic carbocycles. The first-order valence-corrected chi connectivity index (χ1v) is 6.20. The molecule has 0 unspecified atom stereocenters. The van der Waals surface area contributed by atoms with Gasteiger partial charge >= 0.3 is 0 Å². The van der Waals surface area contributed by atoms with Crippen LogP contribution in [0.3, 0.4) is 0 Å². The molecule has 1 heterocycles. The summed E-state index contributed by atoms with van der Waals surface area (Å²) in [5.41, 5.74) is 2.90. The lowest BCUT2D eigenvalue weighted by molar-refractivity contribution is 0.618. The van der Waals surface area contributed by atoms with Crippen molar-refractivity contribution in [1.29, 1.82) is 0 Å². The van der Waals surface area contributed by atoms with Gasteiger partial charge in [0, 0.05) is 17.5 Å². The monoisotopic (exact) mass is 255 g/mol. The first-order valence-electron chi connectivity index (χ1n) is 6.20. The minimum absolute atomic E-state index is 0.247. The topological polar surface area (TPSA) is 25.2 Å². The van der Waals surface area contributed by atoms with Gasteiger partial charge in [0.1, 0.15) is 17.2 Å². The lowest BCUT2D eigenvalue weighted by atomic mass is 10.1. The standard InChI is InChI=1S/C16H14FNO/c1-18-10-11-4-2-3-5-14(11)16-9-12-8-13(17)6-7-15(12)19-16/h2-9,18H,10H2,1H3. The molecule has 0 fully saturated rings. The molecule has 0 aliphatic rings. The zero-order valence-electron chi connectivity index (χ0n) is 10.6. The van der Waals surface area contributed by atoms with E-state index < -0.39 is 0 Å². The summed E-state index contributed by atoms with van der Waals surface area (Å²) in [5, 5.41) is 3.92. The molecule has 0 bridgehead atoms. The summed E-state index contributed by atoms with van der Waals surface area (Å²) in [5.74, 6) is 0.523. The van der Waals surface area contributed by atoms with Crippen LogP contribution in [0.5, 0.6) is 0 Å². The maximum atomic E-state index is 13.2. The van der Waals surface area contributed by atoms with Gasteiger partial charge in [0.05, 0.1) is 0 Å². The highest BCUT2D eigenvalue weighted by molar-refractivity contribution is 5.83. The van der Waals surface area contributed by atoms with Crippen LogP contribution in [0.2, 0.25) is 0 Å². The Morgan fingerprint density at radius 1 is 1.11 bits per heavy atom. The molecule has 0 aliphatic carbocycles. The molecule has 0 amide bonds. The van der Waals surface area contributed by atoms with Gasteiger partial charge in [-0.25, -0.2) is 4.39 Å². The molecule has 0 aliphatic heterocycles. The summed E-state index contributed by atoms with van der Waals surface area (Å²) in [4.78, 5) is 0. The number of nitrogens with one attached hydrogen (secondary N) is 1. The molecule has 0 saturated heterocycles. The third kappa shape index (κ3) is 2.25. The summed E-state index contributed by atoms with van der Waals surface area (Å²) < 4.78 is 19.0. The smallest absolute Gasteiger partial charge is 0.135 e. The first kappa shape index (κ1) is 11.9. The molecular weight excluding hydrogens is 241 g/mol. The summed E-state index contributed by atoms with van der Waals surface area (Å²) in [6.07, 6.45) is 0. The second-order valence-electron chi connectivity index (χ2n) is 4.48. The fourth-order valence-corrected chi connectivity index (χ4v) is 2.25. The van der Waals surface area contributed by atoms with Crippen molar-refractivity contribution in [3.63, 3.8) is 0 Å². The van der Waals surface area contributed by atoms with E-state index in [1.54, 1.807) is 6.07 Å². The Morgan fingerprint density at radius 3 is 2.79 bits per heavy atom. The first-order chi connectivity index (χ1) is 9.28. The molecule has 0 radical (unpaired) electrons. The predicted molar refractivity (Wildman–Crippen MR) is 74.4 cm³/mol. The van der Waals surface area contributed by atoms with E-state index >= 15 is 0 Å². The van der Waals surface area contributed by atoms with Gasteiger partial charge in [0.25, 0.3) is 0 Å². The maximum absolute atomic E-state index is 13.2. The number of halogens is 1. The van der Waals surface area contributed by atoms with Crippen molar-refractivity contribution < 1.29 is 8.81 Å². The zero-order chi connectivity index (χ0) is 13.2. The van der Waals surface area contributed by atoms with Crippen LogP contribution in [-0.4, -0.2) is 7.05 Å². The van der Waals surface area contributed by atoms with Crippen LogP contribution in [0.25, 0.3) is 22.3 Å². The third-order valence-corrected chi connectivity index (χ3v) is 3.13. The van der Waals surface area contributed by atoms with Gasteiger partial charge in [-0.15, -0.1) is 0 Å². The molecule has 0 spiro atoms. The molecule has 0 atom stereocenters. The van der Waals surface area contributed by atoms with E-state index in [2.05, 4.69) is 11.4 Å². The lowest BCUT2D eigenvalue weighted by Crippen LogP contribution is -2.05. The number of furan rings is 1. The van der Waals surface area contributed by atoms with E-state index in [1.807, 2.05) is 31.3 Å². The Morgan fingerprint density at radius 2 is 1.95 bits per heavy atom. The van der Waals surface area contributed by atoms with Crippen molar-refractivity contribution in [2.24, 2.45) is 0 Å². The Hall–Kier alpha value is -2.13. The van der Waals surface area contributed by atoms with Crippen LogP contribution < -0.4 is 5.32 Å². The van der Waals surface area contributed by atoms with Crippen molar-refractivity contribution in [3.8, 4) is 11.3 Å². The maximum Gasteiger partial charge on any atom is 0.135 e. The molecule has 3 heteroatoms. The highest BCUT2D eigenvalue weighted by Gasteiger charge is 2.10. The van der Waals surface area contributed by atoms with E-state index in [-0.39, 0.29) is 5.82 Å². The lowest BCUT2D eigenvalue weighted by Gasteiger charge is -2.05. The zero-order valence-corrected chi connectivity index (χ0v) is 10.6. The Balaban J connectivity index is 2.13. The average molecular weight is 255 g/mol. The quantitative estimate of drug-likeness (QED) is 0.766. The molecule has 3 aromatic rings. The van der Waals surface area contributed by atoms with Gasteiger partial charge in [0.2, 0.25) is 0 Å². The number of hydrogen-bond acceptors (Lipinski definition) is 2. The fraction of sp³-hybridized carbons (Fsp3) is 0.125. The highest BCUT2D eigenvalue weighted by atomic mass is 19.1. The van der Waals surface area contributed by atoms with Gasteiger partial charge in [-0.1, -0.05) is 24.3 Å². The number of fused-ring (bicyclic) bond motifs is 1. The predicted octanol–water partition coefficient (Wildman–Crippen LogP) is 3.96. The van der Waals surface area contributed by atoms with Gasteiger partial charge in [-0.2, -0.15) is 0 Å². The number of hydrogen-bond donors (Lipinski definition) is 1. The average Bonchev–Trinajstić information content (AvgIpc) is 2.82. The van der Waals surface area contributed by atoms with E-state index in [0.717, 1.165) is 28.8 Å². The largest absolute Gasteiger partial charge is 0.456 e. The molecule has 19 heavy (non-hydrogen) atoms. The van der Waals surface area contributed by atoms with Crippen LogP contribution in [0.1, 0.15) is 5.56 Å². The van der Waals surface area contributed by atoms with Crippen LogP contribution >= 0.6 is 0 Å². The summed E-state index contributed by atoms with van der Waals surface area (Å²) in [6.45, 7) is 0.765. The van der Waals surface area contributed by atoms with Crippen molar-refractivity contribution in [2.75, 3.05) is 7.05 Å². The van der Waals surface area contributed by atoms with Gasteiger partial charge in [-0.05, 0) is 36.9 Å². The Labute approximate surface area is 110 Å². The molecular formula is C16H14FNO. The second kappa shape index (κ2) is 4.86. The fourth-order valence-electron chi connectivity index (χ4n) is 2.25. The molecule has 0 saturated carbocycles. The SMILES string of the molecule is CNCc1ccccc1-c1cc2cc(F)ccc2o1. The number of benzene rings is 2. The van der Waals surface area contributed by atoms with Gasteiger partial charge in [0.15, 0.2) is 0 Å². The van der Waals surface area contributed by atoms with Crippen LogP contribution in [0.4, 0.5) is 4.39 Å². The third-order valence-electron chi connectivity index (χ3n) is 3.13. The van der Waals surface area contributed by atoms with Gasteiger partial charge in [-0.3, -0.25) is 0 Å². The highest BCUT2D eigenvalue weighted by Crippen LogP contribution is 2.30. The molecule has 1 aromatic heterocycles. The van der Waals surface area contributed by atoms with Crippen molar-refractivity contribution >= 4 is 11.0 Å².